The van der Waals surface area contributed by atoms with Gasteiger partial charge in [-0.1, -0.05) is 23.7 Å². The zero-order chi connectivity index (χ0) is 22.0. The zero-order valence-electron chi connectivity index (χ0n) is 16.3. The first-order chi connectivity index (χ1) is 14.9. The number of fused-ring (bicyclic) bond motifs is 1. The molecule has 0 saturated heterocycles. The number of pyridine rings is 1. The highest BCUT2D eigenvalue weighted by atomic mass is 35.5. The highest BCUT2D eigenvalue weighted by Crippen LogP contribution is 2.30. The van der Waals surface area contributed by atoms with Gasteiger partial charge in [0.1, 0.15) is 5.75 Å². The summed E-state index contributed by atoms with van der Waals surface area (Å²) in [6.45, 7) is 0.228. The summed E-state index contributed by atoms with van der Waals surface area (Å²) < 4.78 is 30.8. The van der Waals surface area contributed by atoms with Gasteiger partial charge in [0.15, 0.2) is 5.65 Å². The van der Waals surface area contributed by atoms with Crippen LogP contribution < -0.4 is 10.1 Å². The normalized spacial score (nSPS) is 11.4. The molecule has 0 saturated carbocycles. The van der Waals surface area contributed by atoms with Crippen molar-refractivity contribution in [2.45, 2.75) is 16.3 Å². The summed E-state index contributed by atoms with van der Waals surface area (Å²) >= 11 is 6.13. The Labute approximate surface area is 183 Å². The lowest BCUT2D eigenvalue weighted by atomic mass is 10.2. The van der Waals surface area contributed by atoms with E-state index >= 15 is 0 Å². The van der Waals surface area contributed by atoms with Crippen LogP contribution in [0, 0.1) is 0 Å². The van der Waals surface area contributed by atoms with Crippen molar-refractivity contribution in [2.75, 3.05) is 7.11 Å². The summed E-state index contributed by atoms with van der Waals surface area (Å²) in [5.74, 6) is 0.175. The number of nitrogens with one attached hydrogen (secondary N) is 2. The molecule has 0 aliphatic heterocycles. The Morgan fingerprint density at radius 2 is 1.90 bits per heavy atom. The maximum Gasteiger partial charge on any atom is 0.253 e. The van der Waals surface area contributed by atoms with Crippen LogP contribution in [0.2, 0.25) is 5.02 Å². The maximum absolute atomic E-state index is 12.9. The molecule has 4 aromatic rings. The maximum atomic E-state index is 12.9. The molecule has 31 heavy (non-hydrogen) atoms. The van der Waals surface area contributed by atoms with Crippen molar-refractivity contribution in [3.8, 4) is 5.75 Å². The number of ether oxygens (including phenoxy) is 1. The summed E-state index contributed by atoms with van der Waals surface area (Å²) in [4.78, 5) is 16.6. The fraction of sp³-hybridized carbons (Fsp3) is 0.0952. The lowest BCUT2D eigenvalue weighted by Crippen LogP contribution is -2.22. The van der Waals surface area contributed by atoms with Gasteiger partial charge >= 0.3 is 0 Å². The first-order valence-corrected chi connectivity index (χ1v) is 11.0. The SMILES string of the molecule is COc1ccc(S(=O)(=O)c2ccc(CNC(=O)c3cnc4[nH]ncc4c3)cc2)c(Cl)c1. The van der Waals surface area contributed by atoms with Gasteiger partial charge in [-0.3, -0.25) is 9.89 Å². The third kappa shape index (κ3) is 4.23. The van der Waals surface area contributed by atoms with Crippen LogP contribution in [0.4, 0.5) is 0 Å². The van der Waals surface area contributed by atoms with Crippen LogP contribution >= 0.6 is 11.6 Å². The summed E-state index contributed by atoms with van der Waals surface area (Å²) in [6, 6.07) is 12.3. The molecule has 1 amide bonds. The second-order valence-corrected chi connectivity index (χ2v) is 8.98. The zero-order valence-corrected chi connectivity index (χ0v) is 17.9. The monoisotopic (exact) mass is 456 g/mol. The molecule has 0 fully saturated rings. The van der Waals surface area contributed by atoms with Gasteiger partial charge in [0.25, 0.3) is 5.91 Å². The van der Waals surface area contributed by atoms with Crippen molar-refractivity contribution < 1.29 is 17.9 Å². The summed E-state index contributed by atoms with van der Waals surface area (Å²) in [5, 5.41) is 10.2. The van der Waals surface area contributed by atoms with E-state index < -0.39 is 9.84 Å². The summed E-state index contributed by atoms with van der Waals surface area (Å²) in [7, 11) is -2.32. The van der Waals surface area contributed by atoms with E-state index in [0.717, 1.165) is 10.9 Å². The average molecular weight is 457 g/mol. The largest absolute Gasteiger partial charge is 0.497 e. The molecule has 2 N–H and O–H groups in total. The van der Waals surface area contributed by atoms with Crippen molar-refractivity contribution in [1.29, 1.82) is 0 Å². The minimum Gasteiger partial charge on any atom is -0.497 e. The molecule has 8 nitrogen and oxygen atoms in total. The van der Waals surface area contributed by atoms with Crippen LogP contribution in [-0.2, 0) is 16.4 Å². The number of nitrogens with zero attached hydrogens (tertiary/aromatic N) is 2. The number of amides is 1. The van der Waals surface area contributed by atoms with Crippen LogP contribution in [0.1, 0.15) is 15.9 Å². The second-order valence-electron chi connectivity index (χ2n) is 6.66. The molecule has 4 rings (SSSR count). The van der Waals surface area contributed by atoms with Gasteiger partial charge in [0, 0.05) is 24.2 Å². The molecule has 2 aromatic carbocycles. The van der Waals surface area contributed by atoms with Gasteiger partial charge in [-0.2, -0.15) is 5.10 Å². The van der Waals surface area contributed by atoms with E-state index in [1.165, 1.54) is 37.6 Å². The van der Waals surface area contributed by atoms with Crippen molar-refractivity contribution >= 4 is 38.4 Å². The standard InChI is InChI=1S/C21H17ClN4O4S/c1-30-16-4-7-19(18(22)9-16)31(28,29)17-5-2-13(3-6-17)10-24-21(27)15-8-14-12-25-26-20(14)23-11-15/h2-9,11-12H,10H2,1H3,(H,24,27)(H,23,25,26). The summed E-state index contributed by atoms with van der Waals surface area (Å²) in [6.07, 6.45) is 3.05. The molecule has 158 valence electrons. The minimum absolute atomic E-state index is 0.00171. The molecule has 0 radical (unpaired) electrons. The van der Waals surface area contributed by atoms with E-state index in [2.05, 4.69) is 20.5 Å². The molecule has 10 heteroatoms. The molecule has 0 bridgehead atoms. The van der Waals surface area contributed by atoms with E-state index in [9.17, 15) is 13.2 Å². The number of hydrogen-bond acceptors (Lipinski definition) is 6. The first kappa shape index (κ1) is 20.8. The van der Waals surface area contributed by atoms with Crippen molar-refractivity contribution in [1.82, 2.24) is 20.5 Å². The van der Waals surface area contributed by atoms with E-state index in [0.29, 0.717) is 17.0 Å². The van der Waals surface area contributed by atoms with Gasteiger partial charge in [-0.25, -0.2) is 13.4 Å². The predicted octanol–water partition coefficient (Wildman–Crippen LogP) is 3.38. The number of H-pyrrole nitrogens is 1. The highest BCUT2D eigenvalue weighted by molar-refractivity contribution is 7.91. The van der Waals surface area contributed by atoms with Crippen LogP contribution in [0.25, 0.3) is 11.0 Å². The number of halogens is 1. The Kier molecular flexibility index (Phi) is 5.62. The fourth-order valence-electron chi connectivity index (χ4n) is 2.99. The molecule has 0 aliphatic carbocycles. The lowest BCUT2D eigenvalue weighted by molar-refractivity contribution is 0.0950. The van der Waals surface area contributed by atoms with E-state index in [-0.39, 0.29) is 27.3 Å². The number of benzene rings is 2. The Morgan fingerprint density at radius 3 is 2.61 bits per heavy atom. The smallest absolute Gasteiger partial charge is 0.253 e. The molecule has 0 aliphatic rings. The molecular formula is C21H17ClN4O4S. The van der Waals surface area contributed by atoms with Gasteiger partial charge in [-0.05, 0) is 35.9 Å². The third-order valence-electron chi connectivity index (χ3n) is 4.67. The number of sulfone groups is 1. The molecule has 0 atom stereocenters. The van der Waals surface area contributed by atoms with E-state index in [4.69, 9.17) is 16.3 Å². The van der Waals surface area contributed by atoms with Crippen molar-refractivity contribution in [3.05, 3.63) is 77.1 Å². The number of carbonyl (C=O) groups excluding carboxylic acids is 1. The van der Waals surface area contributed by atoms with Gasteiger partial charge in [0.2, 0.25) is 9.84 Å². The molecule has 2 heterocycles. The van der Waals surface area contributed by atoms with Crippen molar-refractivity contribution in [2.24, 2.45) is 0 Å². The first-order valence-electron chi connectivity index (χ1n) is 9.13. The Balaban J connectivity index is 1.47. The summed E-state index contributed by atoms with van der Waals surface area (Å²) in [5.41, 5.74) is 1.75. The average Bonchev–Trinajstić information content (AvgIpc) is 3.25. The predicted molar refractivity (Wildman–Crippen MR) is 115 cm³/mol. The molecule has 0 unspecified atom stereocenters. The van der Waals surface area contributed by atoms with E-state index in [1.807, 2.05) is 0 Å². The Morgan fingerprint density at radius 1 is 1.13 bits per heavy atom. The Hall–Kier alpha value is -3.43. The van der Waals surface area contributed by atoms with Crippen LogP contribution in [0.15, 0.2) is 70.7 Å². The van der Waals surface area contributed by atoms with Gasteiger partial charge in [0.05, 0.1) is 33.7 Å². The number of hydrogen-bond donors (Lipinski definition) is 2. The highest BCUT2D eigenvalue weighted by Gasteiger charge is 2.21. The lowest BCUT2D eigenvalue weighted by Gasteiger charge is -2.10. The van der Waals surface area contributed by atoms with Gasteiger partial charge < -0.3 is 10.1 Å². The fourth-order valence-corrected chi connectivity index (χ4v) is 4.77. The third-order valence-corrected chi connectivity index (χ3v) is 6.92. The topological polar surface area (TPSA) is 114 Å². The molecule has 2 aromatic heterocycles. The number of aromatic amines is 1. The second kappa shape index (κ2) is 8.37. The number of methoxy groups -OCH3 is 1. The number of aromatic nitrogens is 3. The van der Waals surface area contributed by atoms with Crippen LogP contribution in [0.5, 0.6) is 5.75 Å². The Bertz CT molecular complexity index is 1370. The van der Waals surface area contributed by atoms with Crippen LogP contribution in [-0.4, -0.2) is 36.6 Å². The molecule has 0 spiro atoms. The van der Waals surface area contributed by atoms with Crippen molar-refractivity contribution in [3.63, 3.8) is 0 Å². The number of rotatable bonds is 6. The van der Waals surface area contributed by atoms with Gasteiger partial charge in [-0.15, -0.1) is 0 Å². The molecular weight excluding hydrogens is 440 g/mol. The van der Waals surface area contributed by atoms with Crippen LogP contribution in [0.3, 0.4) is 0 Å². The quantitative estimate of drug-likeness (QED) is 0.459. The number of carbonyl (C=O) groups is 1. The van der Waals surface area contributed by atoms with E-state index in [1.54, 1.807) is 30.5 Å². The minimum atomic E-state index is -3.79.